The van der Waals surface area contributed by atoms with Gasteiger partial charge in [-0.2, -0.15) is 0 Å². The third-order valence-electron chi connectivity index (χ3n) is 1.90. The molecule has 1 aliphatic heterocycles. The van der Waals surface area contributed by atoms with Crippen molar-refractivity contribution in [2.75, 3.05) is 0 Å². The third-order valence-corrected chi connectivity index (χ3v) is 1.90. The highest BCUT2D eigenvalue weighted by atomic mass is 17.2. The van der Waals surface area contributed by atoms with Crippen molar-refractivity contribution >= 4 is 19.4 Å². The van der Waals surface area contributed by atoms with Gasteiger partial charge < -0.3 is 14.3 Å². The Balaban J connectivity index is 2.59. The van der Waals surface area contributed by atoms with Crippen LogP contribution in [0.15, 0.2) is 0 Å². The Morgan fingerprint density at radius 3 is 2.12 bits per heavy atom. The topological polar surface area (TPSA) is 71.1 Å². The number of carbonyl (C=O) groups excluding carboxylic acids is 2. The first-order valence-corrected chi connectivity index (χ1v) is 5.48. The Hall–Kier alpha value is -1.08. The largest absolute Gasteiger partial charge is 0.463 e. The molecule has 1 heterocycles. The summed E-state index contributed by atoms with van der Waals surface area (Å²) in [7, 11) is 1.14. The molecule has 0 bridgehead atoms. The summed E-state index contributed by atoms with van der Waals surface area (Å²) in [5.41, 5.74) is 0. The van der Waals surface area contributed by atoms with Crippen molar-refractivity contribution in [3.05, 3.63) is 0 Å². The van der Waals surface area contributed by atoms with Crippen molar-refractivity contribution in [3.8, 4) is 0 Å². The third kappa shape index (κ3) is 4.01. The lowest BCUT2D eigenvalue weighted by atomic mass is 9.77. The molecule has 0 amide bonds. The van der Waals surface area contributed by atoms with Gasteiger partial charge in [0.25, 0.3) is 0 Å². The zero-order chi connectivity index (χ0) is 13.0. The van der Waals surface area contributed by atoms with Crippen molar-refractivity contribution in [1.82, 2.24) is 0 Å². The quantitative estimate of drug-likeness (QED) is 0.409. The molecular weight excluding hydrogens is 227 g/mol. The zero-order valence-corrected chi connectivity index (χ0v) is 10.3. The number of hydrogen-bond donors (Lipinski definition) is 0. The van der Waals surface area contributed by atoms with E-state index < -0.39 is 23.9 Å². The molecule has 1 rings (SSSR count). The van der Waals surface area contributed by atoms with Crippen molar-refractivity contribution in [3.63, 3.8) is 0 Å². The second-order valence-corrected chi connectivity index (χ2v) is 4.25. The minimum Gasteiger partial charge on any atom is -0.463 e. The predicted octanol–water partition coefficient (Wildman–Crippen LogP) is 0.628. The number of ether oxygens (including phenoxy) is 2. The summed E-state index contributed by atoms with van der Waals surface area (Å²) < 4.78 is 9.93. The Morgan fingerprint density at radius 1 is 1.06 bits per heavy atom. The lowest BCUT2D eigenvalue weighted by molar-refractivity contribution is -0.231. The van der Waals surface area contributed by atoms with Gasteiger partial charge in [-0.25, -0.2) is 9.68 Å². The Kier molecular flexibility index (Phi) is 4.95. The van der Waals surface area contributed by atoms with Crippen LogP contribution in [0.3, 0.4) is 0 Å². The van der Waals surface area contributed by atoms with E-state index in [1.54, 1.807) is 27.7 Å². The van der Waals surface area contributed by atoms with E-state index in [4.69, 9.17) is 14.4 Å². The van der Waals surface area contributed by atoms with E-state index in [0.29, 0.717) is 0 Å². The van der Waals surface area contributed by atoms with E-state index in [2.05, 4.69) is 4.81 Å². The van der Waals surface area contributed by atoms with Gasteiger partial charge in [0.2, 0.25) is 0 Å². The predicted molar refractivity (Wildman–Crippen MR) is 57.9 cm³/mol. The monoisotopic (exact) mass is 243 g/mol. The molecule has 0 spiro atoms. The van der Waals surface area contributed by atoms with Gasteiger partial charge in [-0.15, -0.1) is 0 Å². The molecule has 0 N–H and O–H groups in total. The number of esters is 2. The van der Waals surface area contributed by atoms with E-state index in [1.807, 2.05) is 0 Å². The van der Waals surface area contributed by atoms with E-state index in [1.165, 1.54) is 0 Å². The lowest BCUT2D eigenvalue weighted by Crippen LogP contribution is -2.34. The van der Waals surface area contributed by atoms with Crippen molar-refractivity contribution in [1.29, 1.82) is 0 Å². The fourth-order valence-electron chi connectivity index (χ4n) is 1.26. The van der Waals surface area contributed by atoms with E-state index >= 15 is 0 Å². The summed E-state index contributed by atoms with van der Waals surface area (Å²) in [6, 6.07) is 0. The molecule has 0 saturated carbocycles. The summed E-state index contributed by atoms with van der Waals surface area (Å²) in [6.45, 7) is 6.85. The molecule has 95 valence electrons. The molecule has 1 fully saturated rings. The van der Waals surface area contributed by atoms with Gasteiger partial charge in [0.1, 0.15) is 5.82 Å². The SMILES string of the molecule is CC(C)OC(=O)C1[B]OOC1C(=O)OC(C)C. The number of rotatable bonds is 4. The molecule has 2 unspecified atom stereocenters. The van der Waals surface area contributed by atoms with E-state index in [-0.39, 0.29) is 12.2 Å². The van der Waals surface area contributed by atoms with Crippen LogP contribution in [-0.2, 0) is 28.8 Å². The Labute approximate surface area is 101 Å². The second kappa shape index (κ2) is 6.02. The number of carbonyl (C=O) groups is 2. The number of hydrogen-bond acceptors (Lipinski definition) is 6. The lowest BCUT2D eigenvalue weighted by Gasteiger charge is -2.17. The first-order chi connectivity index (χ1) is 7.91. The van der Waals surface area contributed by atoms with Crippen LogP contribution in [0.25, 0.3) is 0 Å². The van der Waals surface area contributed by atoms with Crippen LogP contribution in [0.5, 0.6) is 0 Å². The molecule has 7 heteroatoms. The minimum absolute atomic E-state index is 0.265. The Morgan fingerprint density at radius 2 is 1.59 bits per heavy atom. The highest BCUT2D eigenvalue weighted by Crippen LogP contribution is 2.25. The fraction of sp³-hybridized carbons (Fsp3) is 0.800. The molecule has 1 saturated heterocycles. The maximum Gasteiger partial charge on any atom is 0.362 e. The molecule has 17 heavy (non-hydrogen) atoms. The van der Waals surface area contributed by atoms with Gasteiger partial charge in [0.15, 0.2) is 6.10 Å². The first kappa shape index (κ1) is 14.0. The highest BCUT2D eigenvalue weighted by Gasteiger charge is 2.45. The van der Waals surface area contributed by atoms with Crippen molar-refractivity contribution < 1.29 is 28.8 Å². The molecule has 6 nitrogen and oxygen atoms in total. The molecular formula is C10H16BO6. The van der Waals surface area contributed by atoms with Crippen LogP contribution in [0.2, 0.25) is 5.82 Å². The molecule has 1 radical (unpaired) electrons. The average molecular weight is 243 g/mol. The second-order valence-electron chi connectivity index (χ2n) is 4.25. The molecule has 0 aromatic rings. The van der Waals surface area contributed by atoms with E-state index in [9.17, 15) is 9.59 Å². The Bertz CT molecular complexity index is 263. The van der Waals surface area contributed by atoms with E-state index in [0.717, 1.165) is 7.48 Å². The van der Waals surface area contributed by atoms with Gasteiger partial charge in [-0.3, -0.25) is 4.79 Å². The summed E-state index contributed by atoms with van der Waals surface area (Å²) in [5.74, 6) is -2.09. The van der Waals surface area contributed by atoms with Crippen LogP contribution < -0.4 is 0 Å². The molecule has 0 aromatic heterocycles. The van der Waals surface area contributed by atoms with Gasteiger partial charge in [0, 0.05) is 0 Å². The van der Waals surface area contributed by atoms with Gasteiger partial charge in [-0.05, 0) is 27.7 Å². The van der Waals surface area contributed by atoms with Gasteiger partial charge in [-0.1, -0.05) is 0 Å². The zero-order valence-electron chi connectivity index (χ0n) is 10.3. The highest BCUT2D eigenvalue weighted by molar-refractivity contribution is 6.38. The summed E-state index contributed by atoms with van der Waals surface area (Å²) in [6.07, 6.45) is -1.64. The maximum atomic E-state index is 11.6. The fourth-order valence-corrected chi connectivity index (χ4v) is 1.26. The molecule has 0 aromatic carbocycles. The van der Waals surface area contributed by atoms with Crippen LogP contribution in [0, 0.1) is 0 Å². The standard InChI is InChI=1S/C10H16BO6/c1-5(2)14-9(12)7-8(16-17-11-7)10(13)15-6(3)4/h5-8H,1-4H3. The summed E-state index contributed by atoms with van der Waals surface area (Å²) >= 11 is 0. The maximum absolute atomic E-state index is 11.6. The van der Waals surface area contributed by atoms with Crippen molar-refractivity contribution in [2.24, 2.45) is 0 Å². The van der Waals surface area contributed by atoms with Crippen molar-refractivity contribution in [2.45, 2.75) is 51.8 Å². The van der Waals surface area contributed by atoms with Crippen LogP contribution in [0.1, 0.15) is 27.7 Å². The van der Waals surface area contributed by atoms with Gasteiger partial charge >= 0.3 is 19.4 Å². The summed E-state index contributed by atoms with van der Waals surface area (Å²) in [5, 5.41) is 0. The summed E-state index contributed by atoms with van der Waals surface area (Å²) in [4.78, 5) is 32.5. The smallest absolute Gasteiger partial charge is 0.362 e. The van der Waals surface area contributed by atoms with Crippen LogP contribution >= 0.6 is 0 Å². The van der Waals surface area contributed by atoms with Crippen LogP contribution in [0.4, 0.5) is 0 Å². The molecule has 1 aliphatic rings. The average Bonchev–Trinajstić information content (AvgIpc) is 2.63. The molecule has 0 aliphatic carbocycles. The normalized spacial score (nSPS) is 23.6. The molecule has 2 atom stereocenters. The first-order valence-electron chi connectivity index (χ1n) is 5.48. The van der Waals surface area contributed by atoms with Crippen LogP contribution in [-0.4, -0.2) is 37.7 Å². The minimum atomic E-state index is -1.09. The van der Waals surface area contributed by atoms with Gasteiger partial charge in [0.05, 0.1) is 12.2 Å².